The van der Waals surface area contributed by atoms with E-state index >= 15 is 0 Å². The summed E-state index contributed by atoms with van der Waals surface area (Å²) < 4.78 is 5.33. The Hall–Kier alpha value is 0.460. The van der Waals surface area contributed by atoms with E-state index in [9.17, 15) is 0 Å². The summed E-state index contributed by atoms with van der Waals surface area (Å²) in [6.07, 6.45) is 1.14. The largest absolute Gasteiger partial charge is 0.381 e. The number of nitrogens with one attached hydrogen (secondary N) is 1. The normalized spacial score (nSPS) is 39.2. The average molecular weight is 215 g/mol. The van der Waals surface area contributed by atoms with Crippen molar-refractivity contribution in [2.75, 3.05) is 26.3 Å². The van der Waals surface area contributed by atoms with E-state index in [1.165, 1.54) is 0 Å². The summed E-state index contributed by atoms with van der Waals surface area (Å²) in [5.41, 5.74) is 6.22. The number of nitrogens with two attached hydrogens (primary N) is 1. The van der Waals surface area contributed by atoms with E-state index in [4.69, 9.17) is 10.5 Å². The van der Waals surface area contributed by atoms with Crippen molar-refractivity contribution in [3.8, 4) is 0 Å². The monoisotopic (exact) mass is 214 g/mol. The highest BCUT2D eigenvalue weighted by Crippen LogP contribution is 2.33. The van der Waals surface area contributed by atoms with Gasteiger partial charge in [0.05, 0.1) is 6.61 Å². The maximum absolute atomic E-state index is 5.93. The molecule has 2 aliphatic rings. The fourth-order valence-corrected chi connectivity index (χ4v) is 1.88. The van der Waals surface area contributed by atoms with Crippen LogP contribution in [0.5, 0.6) is 0 Å². The van der Waals surface area contributed by atoms with E-state index in [-0.39, 0.29) is 24.8 Å². The van der Waals surface area contributed by atoms with Crippen molar-refractivity contribution in [1.29, 1.82) is 0 Å². The third kappa shape index (κ3) is 1.86. The standard InChI is InChI=1S/C7H14N2O.2ClH/c8-6-3-9-4-7(6)1-2-10-5-7;;/h6,9H,1-5,8H2;2*1H/t6-,7+;;/m1../s1. The molecular weight excluding hydrogens is 199 g/mol. The molecule has 0 aromatic rings. The molecule has 2 rings (SSSR count). The molecule has 0 radical (unpaired) electrons. The first-order valence-corrected chi connectivity index (χ1v) is 3.88. The first kappa shape index (κ1) is 12.5. The van der Waals surface area contributed by atoms with Crippen LogP contribution in [0.2, 0.25) is 0 Å². The Morgan fingerprint density at radius 2 is 2.17 bits per heavy atom. The van der Waals surface area contributed by atoms with Gasteiger partial charge in [0, 0.05) is 31.2 Å². The molecule has 74 valence electrons. The number of rotatable bonds is 0. The molecule has 2 fully saturated rings. The minimum atomic E-state index is 0. The van der Waals surface area contributed by atoms with Crippen LogP contribution in [0.4, 0.5) is 0 Å². The maximum Gasteiger partial charge on any atom is 0.0550 e. The lowest BCUT2D eigenvalue weighted by molar-refractivity contribution is 0.152. The van der Waals surface area contributed by atoms with Gasteiger partial charge in [-0.15, -0.1) is 24.8 Å². The molecule has 1 spiro atoms. The molecule has 0 aliphatic carbocycles. The molecule has 2 atom stereocenters. The molecule has 2 saturated heterocycles. The fourth-order valence-electron chi connectivity index (χ4n) is 1.88. The van der Waals surface area contributed by atoms with Crippen molar-refractivity contribution in [3.05, 3.63) is 0 Å². The summed E-state index contributed by atoms with van der Waals surface area (Å²) in [4.78, 5) is 0. The predicted octanol–water partition coefficient (Wildman–Crippen LogP) is 0.167. The van der Waals surface area contributed by atoms with Crippen LogP contribution in [0, 0.1) is 5.41 Å². The molecule has 0 saturated carbocycles. The second kappa shape index (κ2) is 4.63. The Balaban J connectivity index is 0.000000605. The lowest BCUT2D eigenvalue weighted by Gasteiger charge is -2.24. The zero-order valence-electron chi connectivity index (χ0n) is 6.91. The van der Waals surface area contributed by atoms with Crippen LogP contribution in [0.3, 0.4) is 0 Å². The topological polar surface area (TPSA) is 47.3 Å². The van der Waals surface area contributed by atoms with E-state index in [0.717, 1.165) is 32.7 Å². The SMILES string of the molecule is Cl.Cl.N[C@@H]1CNC[C@]12CCOC2. The highest BCUT2D eigenvalue weighted by Gasteiger charge is 2.43. The molecular formula is C7H16Cl2N2O. The van der Waals surface area contributed by atoms with Crippen LogP contribution >= 0.6 is 24.8 Å². The van der Waals surface area contributed by atoms with Gasteiger partial charge in [-0.25, -0.2) is 0 Å². The number of hydrogen-bond acceptors (Lipinski definition) is 3. The first-order chi connectivity index (χ1) is 4.83. The van der Waals surface area contributed by atoms with Gasteiger partial charge in [0.15, 0.2) is 0 Å². The zero-order chi connectivity index (χ0) is 7.03. The Labute approximate surface area is 85.2 Å². The van der Waals surface area contributed by atoms with Crippen molar-refractivity contribution in [1.82, 2.24) is 5.32 Å². The lowest BCUT2D eigenvalue weighted by atomic mass is 9.83. The van der Waals surface area contributed by atoms with Crippen LogP contribution in [0.25, 0.3) is 0 Å². The molecule has 2 heterocycles. The van der Waals surface area contributed by atoms with Crippen LogP contribution in [0.1, 0.15) is 6.42 Å². The van der Waals surface area contributed by atoms with Crippen molar-refractivity contribution in [2.24, 2.45) is 11.1 Å². The Morgan fingerprint density at radius 1 is 1.42 bits per heavy atom. The van der Waals surface area contributed by atoms with Gasteiger partial charge in [-0.3, -0.25) is 0 Å². The van der Waals surface area contributed by atoms with Crippen LogP contribution in [-0.4, -0.2) is 32.3 Å². The summed E-state index contributed by atoms with van der Waals surface area (Å²) >= 11 is 0. The molecule has 0 bridgehead atoms. The van der Waals surface area contributed by atoms with E-state index in [2.05, 4.69) is 5.32 Å². The quantitative estimate of drug-likeness (QED) is 0.605. The Kier molecular flexibility index (Phi) is 4.81. The Morgan fingerprint density at radius 3 is 2.58 bits per heavy atom. The highest BCUT2D eigenvalue weighted by molar-refractivity contribution is 5.85. The van der Waals surface area contributed by atoms with E-state index in [1.54, 1.807) is 0 Å². The molecule has 3 N–H and O–H groups in total. The summed E-state index contributed by atoms with van der Waals surface area (Å²) in [7, 11) is 0. The highest BCUT2D eigenvalue weighted by atomic mass is 35.5. The van der Waals surface area contributed by atoms with Crippen LogP contribution in [0.15, 0.2) is 0 Å². The molecule has 3 nitrogen and oxygen atoms in total. The minimum Gasteiger partial charge on any atom is -0.381 e. The average Bonchev–Trinajstić information content (AvgIpc) is 2.48. The summed E-state index contributed by atoms with van der Waals surface area (Å²) in [5, 5.41) is 3.30. The van der Waals surface area contributed by atoms with Gasteiger partial charge in [-0.2, -0.15) is 0 Å². The first-order valence-electron chi connectivity index (χ1n) is 3.88. The van der Waals surface area contributed by atoms with Crippen LogP contribution < -0.4 is 11.1 Å². The molecule has 0 amide bonds. The third-order valence-corrected chi connectivity index (χ3v) is 2.76. The van der Waals surface area contributed by atoms with Gasteiger partial charge < -0.3 is 15.8 Å². The van der Waals surface area contributed by atoms with Gasteiger partial charge in [0.2, 0.25) is 0 Å². The fraction of sp³-hybridized carbons (Fsp3) is 1.00. The predicted molar refractivity (Wildman–Crippen MR) is 53.2 cm³/mol. The number of halogens is 2. The number of ether oxygens (including phenoxy) is 1. The second-order valence-electron chi connectivity index (χ2n) is 3.40. The van der Waals surface area contributed by atoms with Crippen molar-refractivity contribution in [2.45, 2.75) is 12.5 Å². The molecule has 0 aromatic heterocycles. The zero-order valence-corrected chi connectivity index (χ0v) is 8.55. The molecule has 5 heteroatoms. The van der Waals surface area contributed by atoms with E-state index in [1.807, 2.05) is 0 Å². The van der Waals surface area contributed by atoms with Crippen molar-refractivity contribution in [3.63, 3.8) is 0 Å². The van der Waals surface area contributed by atoms with Crippen molar-refractivity contribution >= 4 is 24.8 Å². The van der Waals surface area contributed by atoms with Gasteiger partial charge in [-0.05, 0) is 6.42 Å². The summed E-state index contributed by atoms with van der Waals surface area (Å²) in [6.45, 7) is 3.77. The summed E-state index contributed by atoms with van der Waals surface area (Å²) in [6, 6.07) is 0.315. The molecule has 12 heavy (non-hydrogen) atoms. The van der Waals surface area contributed by atoms with E-state index < -0.39 is 0 Å². The maximum atomic E-state index is 5.93. The minimum absolute atomic E-state index is 0. The molecule has 2 aliphatic heterocycles. The summed E-state index contributed by atoms with van der Waals surface area (Å²) in [5.74, 6) is 0. The lowest BCUT2D eigenvalue weighted by Crippen LogP contribution is -2.40. The van der Waals surface area contributed by atoms with Crippen molar-refractivity contribution < 1.29 is 4.74 Å². The van der Waals surface area contributed by atoms with Gasteiger partial charge in [0.25, 0.3) is 0 Å². The molecule has 0 aromatic carbocycles. The third-order valence-electron chi connectivity index (χ3n) is 2.76. The van der Waals surface area contributed by atoms with Crippen LogP contribution in [-0.2, 0) is 4.74 Å². The van der Waals surface area contributed by atoms with Gasteiger partial charge in [-0.1, -0.05) is 0 Å². The molecule has 0 unspecified atom stereocenters. The Bertz CT molecular complexity index is 134. The smallest absolute Gasteiger partial charge is 0.0550 e. The second-order valence-corrected chi connectivity index (χ2v) is 3.40. The van der Waals surface area contributed by atoms with Gasteiger partial charge >= 0.3 is 0 Å². The number of hydrogen-bond donors (Lipinski definition) is 2. The van der Waals surface area contributed by atoms with Gasteiger partial charge in [0.1, 0.15) is 0 Å². The van der Waals surface area contributed by atoms with E-state index in [0.29, 0.717) is 11.5 Å².